The van der Waals surface area contributed by atoms with Crippen LogP contribution in [0.2, 0.25) is 0 Å². The summed E-state index contributed by atoms with van der Waals surface area (Å²) in [5.74, 6) is 1.48. The molecule has 0 aromatic heterocycles. The van der Waals surface area contributed by atoms with Crippen LogP contribution in [0.5, 0.6) is 11.5 Å². The number of hydrogen-bond donors (Lipinski definition) is 1. The molecule has 0 fully saturated rings. The van der Waals surface area contributed by atoms with Crippen LogP contribution >= 0.6 is 12.2 Å². The molecule has 0 unspecified atom stereocenters. The zero-order chi connectivity index (χ0) is 14.8. The quantitative estimate of drug-likeness (QED) is 0.848. The van der Waals surface area contributed by atoms with Crippen molar-refractivity contribution in [3.63, 3.8) is 0 Å². The van der Waals surface area contributed by atoms with Gasteiger partial charge in [-0.15, -0.1) is 0 Å². The van der Waals surface area contributed by atoms with Crippen molar-refractivity contribution in [2.45, 2.75) is 26.2 Å². The van der Waals surface area contributed by atoms with Gasteiger partial charge in [0.05, 0.1) is 5.56 Å². The third-order valence-electron chi connectivity index (χ3n) is 3.08. The van der Waals surface area contributed by atoms with Crippen molar-refractivity contribution >= 4 is 17.2 Å². The van der Waals surface area contributed by atoms with Crippen LogP contribution in [0.3, 0.4) is 0 Å². The number of nitrogens with two attached hydrogens (primary N) is 1. The van der Waals surface area contributed by atoms with Crippen molar-refractivity contribution in [1.82, 2.24) is 0 Å². The fourth-order valence-electron chi connectivity index (χ4n) is 1.91. The van der Waals surface area contributed by atoms with Crippen molar-refractivity contribution < 1.29 is 4.74 Å². The van der Waals surface area contributed by atoms with Crippen LogP contribution in [0.15, 0.2) is 48.5 Å². The van der Waals surface area contributed by atoms with Gasteiger partial charge in [-0.25, -0.2) is 0 Å². The standard InChI is InChI=1S/C17H19NOS/c1-17(2,3)12-7-6-8-13(11-12)19-15-10-5-4-9-14(15)16(18)20/h4-11H,1-3H3,(H2,18,20). The van der Waals surface area contributed by atoms with Gasteiger partial charge in [0.2, 0.25) is 0 Å². The van der Waals surface area contributed by atoms with Gasteiger partial charge < -0.3 is 10.5 Å². The molecule has 0 spiro atoms. The molecule has 0 aliphatic rings. The van der Waals surface area contributed by atoms with Crippen molar-refractivity contribution in [1.29, 1.82) is 0 Å². The molecule has 0 aliphatic heterocycles. The molecule has 2 N–H and O–H groups in total. The number of benzene rings is 2. The number of rotatable bonds is 3. The van der Waals surface area contributed by atoms with E-state index in [1.165, 1.54) is 5.56 Å². The molecule has 0 aliphatic carbocycles. The number of thiocarbonyl (C=S) groups is 1. The summed E-state index contributed by atoms with van der Waals surface area (Å²) in [6.07, 6.45) is 0. The Kier molecular flexibility index (Phi) is 4.09. The van der Waals surface area contributed by atoms with Crippen molar-refractivity contribution in [3.05, 3.63) is 59.7 Å². The van der Waals surface area contributed by atoms with Gasteiger partial charge in [-0.2, -0.15) is 0 Å². The summed E-state index contributed by atoms with van der Waals surface area (Å²) in [4.78, 5) is 0.340. The first-order valence-electron chi connectivity index (χ1n) is 6.55. The van der Waals surface area contributed by atoms with E-state index in [1.54, 1.807) is 0 Å². The highest BCUT2D eigenvalue weighted by molar-refractivity contribution is 7.80. The van der Waals surface area contributed by atoms with Crippen LogP contribution in [0.1, 0.15) is 31.9 Å². The van der Waals surface area contributed by atoms with Crippen molar-refractivity contribution in [2.24, 2.45) is 5.73 Å². The summed E-state index contributed by atoms with van der Waals surface area (Å²) in [6, 6.07) is 15.6. The van der Waals surface area contributed by atoms with Crippen LogP contribution in [-0.4, -0.2) is 4.99 Å². The molecular weight excluding hydrogens is 266 g/mol. The molecule has 2 aromatic rings. The second kappa shape index (κ2) is 5.63. The Labute approximate surface area is 125 Å². The second-order valence-corrected chi connectivity index (χ2v) is 6.18. The summed E-state index contributed by atoms with van der Waals surface area (Å²) >= 11 is 5.05. The minimum atomic E-state index is 0.0854. The van der Waals surface area contributed by atoms with E-state index in [2.05, 4.69) is 32.9 Å². The fraction of sp³-hybridized carbons (Fsp3) is 0.235. The lowest BCUT2D eigenvalue weighted by Gasteiger charge is -2.20. The maximum absolute atomic E-state index is 5.94. The van der Waals surface area contributed by atoms with E-state index in [4.69, 9.17) is 22.7 Å². The van der Waals surface area contributed by atoms with E-state index in [0.29, 0.717) is 10.7 Å². The van der Waals surface area contributed by atoms with Gasteiger partial charge in [0.15, 0.2) is 0 Å². The minimum absolute atomic E-state index is 0.0854. The molecule has 0 amide bonds. The molecule has 20 heavy (non-hydrogen) atoms. The molecule has 0 bridgehead atoms. The normalized spacial score (nSPS) is 11.2. The van der Waals surface area contributed by atoms with Gasteiger partial charge in [-0.1, -0.05) is 57.3 Å². The highest BCUT2D eigenvalue weighted by atomic mass is 32.1. The van der Waals surface area contributed by atoms with Crippen LogP contribution in [0.4, 0.5) is 0 Å². The molecule has 2 rings (SSSR count). The Morgan fingerprint density at radius 3 is 2.40 bits per heavy atom. The van der Waals surface area contributed by atoms with Gasteiger partial charge in [-0.05, 0) is 35.2 Å². The Morgan fingerprint density at radius 1 is 1.05 bits per heavy atom. The van der Waals surface area contributed by atoms with E-state index in [9.17, 15) is 0 Å². The molecule has 0 heterocycles. The highest BCUT2D eigenvalue weighted by Crippen LogP contribution is 2.29. The first kappa shape index (κ1) is 14.5. The van der Waals surface area contributed by atoms with Crippen LogP contribution < -0.4 is 10.5 Å². The highest BCUT2D eigenvalue weighted by Gasteiger charge is 2.14. The number of hydrogen-bond acceptors (Lipinski definition) is 2. The molecule has 104 valence electrons. The SMILES string of the molecule is CC(C)(C)c1cccc(Oc2ccccc2C(N)=S)c1. The Balaban J connectivity index is 2.34. The topological polar surface area (TPSA) is 35.2 Å². The Bertz CT molecular complexity index is 629. The predicted molar refractivity (Wildman–Crippen MR) is 87.5 cm³/mol. The third-order valence-corrected chi connectivity index (χ3v) is 3.30. The number of ether oxygens (including phenoxy) is 1. The summed E-state index contributed by atoms with van der Waals surface area (Å²) in [5.41, 5.74) is 7.78. The summed E-state index contributed by atoms with van der Waals surface area (Å²) in [5, 5.41) is 0. The minimum Gasteiger partial charge on any atom is -0.457 e. The lowest BCUT2D eigenvalue weighted by atomic mass is 9.87. The molecule has 2 aromatic carbocycles. The van der Waals surface area contributed by atoms with Gasteiger partial charge in [0.25, 0.3) is 0 Å². The largest absolute Gasteiger partial charge is 0.457 e. The van der Waals surface area contributed by atoms with E-state index >= 15 is 0 Å². The first-order chi connectivity index (χ1) is 9.38. The molecule has 3 heteroatoms. The van der Waals surface area contributed by atoms with Gasteiger partial charge in [-0.3, -0.25) is 0 Å². The maximum Gasteiger partial charge on any atom is 0.137 e. The van der Waals surface area contributed by atoms with Crippen LogP contribution in [-0.2, 0) is 5.41 Å². The monoisotopic (exact) mass is 285 g/mol. The van der Waals surface area contributed by atoms with Crippen molar-refractivity contribution in [3.8, 4) is 11.5 Å². The molecule has 0 radical (unpaired) electrons. The zero-order valence-electron chi connectivity index (χ0n) is 12.0. The molecule has 2 nitrogen and oxygen atoms in total. The van der Waals surface area contributed by atoms with Gasteiger partial charge in [0.1, 0.15) is 16.5 Å². The molecular formula is C17H19NOS. The average Bonchev–Trinajstić information content (AvgIpc) is 2.38. The lowest BCUT2D eigenvalue weighted by Crippen LogP contribution is -2.11. The molecule has 0 atom stereocenters. The number of para-hydroxylation sites is 1. The summed E-state index contributed by atoms with van der Waals surface area (Å²) in [7, 11) is 0. The van der Waals surface area contributed by atoms with E-state index in [-0.39, 0.29) is 5.41 Å². The smallest absolute Gasteiger partial charge is 0.137 e. The van der Waals surface area contributed by atoms with Crippen LogP contribution in [0.25, 0.3) is 0 Å². The molecule has 0 saturated heterocycles. The third kappa shape index (κ3) is 3.36. The second-order valence-electron chi connectivity index (χ2n) is 5.74. The summed E-state index contributed by atoms with van der Waals surface area (Å²) < 4.78 is 5.94. The van der Waals surface area contributed by atoms with E-state index in [0.717, 1.165) is 11.3 Å². The maximum atomic E-state index is 5.94. The Hall–Kier alpha value is -1.87. The first-order valence-corrected chi connectivity index (χ1v) is 6.96. The van der Waals surface area contributed by atoms with Gasteiger partial charge in [0, 0.05) is 0 Å². The van der Waals surface area contributed by atoms with E-state index in [1.807, 2.05) is 36.4 Å². The van der Waals surface area contributed by atoms with Crippen molar-refractivity contribution in [2.75, 3.05) is 0 Å². The Morgan fingerprint density at radius 2 is 1.75 bits per heavy atom. The molecule has 0 saturated carbocycles. The van der Waals surface area contributed by atoms with E-state index < -0.39 is 0 Å². The predicted octanol–water partition coefficient (Wildman–Crippen LogP) is 4.41. The fourth-order valence-corrected chi connectivity index (χ4v) is 2.08. The van der Waals surface area contributed by atoms with Gasteiger partial charge >= 0.3 is 0 Å². The zero-order valence-corrected chi connectivity index (χ0v) is 12.8. The lowest BCUT2D eigenvalue weighted by molar-refractivity contribution is 0.477. The summed E-state index contributed by atoms with van der Waals surface area (Å²) in [6.45, 7) is 6.53. The van der Waals surface area contributed by atoms with Crippen LogP contribution in [0, 0.1) is 0 Å². The average molecular weight is 285 g/mol.